The minimum atomic E-state index is -3.83. The maximum absolute atomic E-state index is 13.2. The summed E-state index contributed by atoms with van der Waals surface area (Å²) in [6, 6.07) is 20.5. The Morgan fingerprint density at radius 3 is 2.32 bits per heavy atom. The first-order valence-corrected chi connectivity index (χ1v) is 11.7. The Bertz CT molecular complexity index is 1180. The van der Waals surface area contributed by atoms with Crippen LogP contribution >= 0.6 is 11.6 Å². The number of halogens is 1. The highest BCUT2D eigenvalue weighted by molar-refractivity contribution is 7.92. The van der Waals surface area contributed by atoms with Crippen LogP contribution in [0.5, 0.6) is 5.75 Å². The van der Waals surface area contributed by atoms with Gasteiger partial charge in [-0.1, -0.05) is 60.1 Å². The molecule has 31 heavy (non-hydrogen) atoms. The van der Waals surface area contributed by atoms with Crippen molar-refractivity contribution in [3.63, 3.8) is 0 Å². The molecular formula is C23H23ClN2O4S. The summed E-state index contributed by atoms with van der Waals surface area (Å²) in [5.41, 5.74) is 2.53. The van der Waals surface area contributed by atoms with Gasteiger partial charge in [-0.25, -0.2) is 8.42 Å². The van der Waals surface area contributed by atoms with Gasteiger partial charge in [0.2, 0.25) is 15.9 Å². The number of benzene rings is 3. The molecule has 3 rings (SSSR count). The first-order valence-electron chi connectivity index (χ1n) is 9.50. The summed E-state index contributed by atoms with van der Waals surface area (Å²) in [6.07, 6.45) is 1.04. The van der Waals surface area contributed by atoms with Gasteiger partial charge in [-0.2, -0.15) is 0 Å². The molecule has 0 fully saturated rings. The van der Waals surface area contributed by atoms with Crippen LogP contribution in [0.3, 0.4) is 0 Å². The van der Waals surface area contributed by atoms with Crippen molar-refractivity contribution in [3.05, 3.63) is 77.8 Å². The van der Waals surface area contributed by atoms with Crippen molar-refractivity contribution in [1.29, 1.82) is 0 Å². The van der Waals surface area contributed by atoms with Crippen LogP contribution in [0.15, 0.2) is 72.8 Å². The van der Waals surface area contributed by atoms with Gasteiger partial charge >= 0.3 is 0 Å². The molecule has 0 saturated heterocycles. The van der Waals surface area contributed by atoms with Gasteiger partial charge in [0.1, 0.15) is 11.8 Å². The molecule has 0 saturated carbocycles. The van der Waals surface area contributed by atoms with Crippen molar-refractivity contribution in [2.45, 2.75) is 13.0 Å². The number of sulfonamides is 1. The highest BCUT2D eigenvalue weighted by Crippen LogP contribution is 2.35. The van der Waals surface area contributed by atoms with E-state index in [1.165, 1.54) is 20.1 Å². The molecule has 0 bridgehead atoms. The third kappa shape index (κ3) is 5.18. The molecule has 0 spiro atoms. The van der Waals surface area contributed by atoms with E-state index in [2.05, 4.69) is 5.32 Å². The Balaban J connectivity index is 1.98. The maximum Gasteiger partial charge on any atom is 0.248 e. The Hall–Kier alpha value is -3.03. The van der Waals surface area contributed by atoms with Gasteiger partial charge in [-0.15, -0.1) is 0 Å². The number of nitrogens with one attached hydrogen (secondary N) is 1. The lowest BCUT2D eigenvalue weighted by molar-refractivity contribution is -0.116. The number of nitrogens with zero attached hydrogens (tertiary/aromatic N) is 1. The zero-order valence-electron chi connectivity index (χ0n) is 17.4. The van der Waals surface area contributed by atoms with E-state index >= 15 is 0 Å². The molecule has 1 N–H and O–H groups in total. The molecule has 1 amide bonds. The average molecular weight is 459 g/mol. The highest BCUT2D eigenvalue weighted by Gasteiger charge is 2.31. The van der Waals surface area contributed by atoms with Crippen LogP contribution in [0.1, 0.15) is 6.92 Å². The average Bonchev–Trinajstić information content (AvgIpc) is 2.74. The molecule has 0 aromatic heterocycles. The van der Waals surface area contributed by atoms with Gasteiger partial charge in [-0.3, -0.25) is 9.10 Å². The number of ether oxygens (including phenoxy) is 1. The number of hydrogen-bond donors (Lipinski definition) is 1. The Labute approximate surface area is 187 Å². The Morgan fingerprint density at radius 1 is 1.03 bits per heavy atom. The molecule has 0 heterocycles. The maximum atomic E-state index is 13.2. The molecule has 0 aliphatic rings. The van der Waals surface area contributed by atoms with E-state index in [0.29, 0.717) is 16.5 Å². The van der Waals surface area contributed by atoms with E-state index in [1.54, 1.807) is 24.3 Å². The number of anilines is 2. The fraction of sp³-hybridized carbons (Fsp3) is 0.174. The number of carbonyl (C=O) groups excluding carboxylic acids is 1. The molecule has 0 unspecified atom stereocenters. The summed E-state index contributed by atoms with van der Waals surface area (Å²) in [4.78, 5) is 13.2. The van der Waals surface area contributed by atoms with Crippen molar-refractivity contribution >= 4 is 38.9 Å². The van der Waals surface area contributed by atoms with Crippen molar-refractivity contribution in [3.8, 4) is 16.9 Å². The van der Waals surface area contributed by atoms with Crippen molar-refractivity contribution in [1.82, 2.24) is 0 Å². The van der Waals surface area contributed by atoms with Crippen LogP contribution in [-0.4, -0.2) is 33.7 Å². The largest absolute Gasteiger partial charge is 0.495 e. The molecular weight excluding hydrogens is 436 g/mol. The first kappa shape index (κ1) is 22.7. The molecule has 3 aromatic carbocycles. The van der Waals surface area contributed by atoms with Gasteiger partial charge < -0.3 is 10.1 Å². The lowest BCUT2D eigenvalue weighted by Gasteiger charge is -2.29. The molecule has 6 nitrogen and oxygen atoms in total. The summed E-state index contributed by atoms with van der Waals surface area (Å²) in [5, 5.41) is 3.19. The van der Waals surface area contributed by atoms with Crippen molar-refractivity contribution in [2.24, 2.45) is 0 Å². The van der Waals surface area contributed by atoms with E-state index in [1.807, 2.05) is 42.5 Å². The molecule has 8 heteroatoms. The minimum Gasteiger partial charge on any atom is -0.495 e. The summed E-state index contributed by atoms with van der Waals surface area (Å²) in [6.45, 7) is 1.52. The number of hydrogen-bond acceptors (Lipinski definition) is 4. The lowest BCUT2D eigenvalue weighted by atomic mass is 10.0. The molecule has 0 aliphatic heterocycles. The van der Waals surface area contributed by atoms with Crippen LogP contribution in [0.4, 0.5) is 11.4 Å². The summed E-state index contributed by atoms with van der Waals surface area (Å²) >= 11 is 6.09. The molecule has 0 aliphatic carbocycles. The van der Waals surface area contributed by atoms with Crippen LogP contribution in [0.25, 0.3) is 11.1 Å². The number of para-hydroxylation sites is 1. The molecule has 3 aromatic rings. The fourth-order valence-corrected chi connectivity index (χ4v) is 4.65. The molecule has 0 radical (unpaired) electrons. The first-order chi connectivity index (χ1) is 14.7. The quantitative estimate of drug-likeness (QED) is 0.551. The van der Waals surface area contributed by atoms with E-state index in [-0.39, 0.29) is 5.69 Å². The number of carbonyl (C=O) groups is 1. The van der Waals surface area contributed by atoms with Gasteiger partial charge in [0.25, 0.3) is 0 Å². The number of methoxy groups -OCH3 is 1. The second-order valence-corrected chi connectivity index (χ2v) is 9.25. The zero-order valence-corrected chi connectivity index (χ0v) is 18.9. The third-order valence-corrected chi connectivity index (χ3v) is 6.20. The monoisotopic (exact) mass is 458 g/mol. The van der Waals surface area contributed by atoms with Gasteiger partial charge in [0.05, 0.1) is 19.1 Å². The smallest absolute Gasteiger partial charge is 0.248 e. The Morgan fingerprint density at radius 2 is 1.68 bits per heavy atom. The van der Waals surface area contributed by atoms with Crippen LogP contribution in [-0.2, 0) is 14.8 Å². The summed E-state index contributed by atoms with van der Waals surface area (Å²) < 4.78 is 31.6. The number of rotatable bonds is 7. The topological polar surface area (TPSA) is 75.7 Å². The lowest BCUT2D eigenvalue weighted by Crippen LogP contribution is -2.45. The second kappa shape index (κ2) is 9.41. The normalized spacial score (nSPS) is 12.1. The van der Waals surface area contributed by atoms with Gasteiger partial charge in [0.15, 0.2) is 0 Å². The highest BCUT2D eigenvalue weighted by atomic mass is 35.5. The van der Waals surface area contributed by atoms with E-state index in [4.69, 9.17) is 16.3 Å². The predicted octanol–water partition coefficient (Wildman–Crippen LogP) is 4.81. The fourth-order valence-electron chi connectivity index (χ4n) is 3.32. The van der Waals surface area contributed by atoms with Crippen molar-refractivity contribution in [2.75, 3.05) is 23.0 Å². The van der Waals surface area contributed by atoms with Crippen molar-refractivity contribution < 1.29 is 17.9 Å². The molecule has 162 valence electrons. The summed E-state index contributed by atoms with van der Waals surface area (Å²) in [5.74, 6) is -0.199. The standard InChI is InChI=1S/C23H23ClN2O4S/c1-16(26(31(3,28)29)21-15-18(24)13-14-22(21)30-2)23(27)25-20-12-8-7-11-19(20)17-9-5-4-6-10-17/h4-16H,1-3H3,(H,25,27)/t16-/m1/s1. The minimum absolute atomic E-state index is 0.191. The van der Waals surface area contributed by atoms with E-state index in [0.717, 1.165) is 21.7 Å². The van der Waals surface area contributed by atoms with Crippen LogP contribution in [0.2, 0.25) is 5.02 Å². The number of amides is 1. The second-order valence-electron chi connectivity index (χ2n) is 6.95. The SMILES string of the molecule is COc1ccc(Cl)cc1N([C@H](C)C(=O)Nc1ccccc1-c1ccccc1)S(C)(=O)=O. The van der Waals surface area contributed by atoms with Crippen LogP contribution < -0.4 is 14.4 Å². The third-order valence-electron chi connectivity index (χ3n) is 4.74. The zero-order chi connectivity index (χ0) is 22.6. The van der Waals surface area contributed by atoms with E-state index in [9.17, 15) is 13.2 Å². The Kier molecular flexibility index (Phi) is 6.87. The summed E-state index contributed by atoms with van der Waals surface area (Å²) in [7, 11) is -2.41. The van der Waals surface area contributed by atoms with Gasteiger partial charge in [-0.05, 0) is 36.8 Å². The van der Waals surface area contributed by atoms with Gasteiger partial charge in [0, 0.05) is 16.3 Å². The predicted molar refractivity (Wildman–Crippen MR) is 125 cm³/mol. The van der Waals surface area contributed by atoms with E-state index < -0.39 is 22.0 Å². The molecule has 1 atom stereocenters. The van der Waals surface area contributed by atoms with Crippen LogP contribution in [0, 0.1) is 0 Å².